The second-order valence-corrected chi connectivity index (χ2v) is 6.86. The van der Waals surface area contributed by atoms with Crippen molar-refractivity contribution >= 4 is 32.5 Å². The lowest BCUT2D eigenvalue weighted by atomic mass is 10.1. The standard InChI is InChI=1S/C16H17BrFN3O/c17-12-9-21(10-1-2-10)14-8-15(20-5-3-19-4-6-20)13(18)7-11(14)16(12)22/h7-10,19H,1-6H2. The third-order valence-corrected chi connectivity index (χ3v) is 5.02. The van der Waals surface area contributed by atoms with Crippen LogP contribution >= 0.6 is 15.9 Å². The molecular formula is C16H17BrFN3O. The summed E-state index contributed by atoms with van der Waals surface area (Å²) in [5.74, 6) is -0.313. The molecule has 22 heavy (non-hydrogen) atoms. The number of benzene rings is 1. The van der Waals surface area contributed by atoms with Crippen LogP contribution in [0.3, 0.4) is 0 Å². The van der Waals surface area contributed by atoms with Crippen molar-refractivity contribution in [3.63, 3.8) is 0 Å². The molecule has 0 amide bonds. The van der Waals surface area contributed by atoms with E-state index in [1.165, 1.54) is 6.07 Å². The molecule has 0 atom stereocenters. The number of aromatic nitrogens is 1. The Morgan fingerprint density at radius 3 is 2.64 bits per heavy atom. The van der Waals surface area contributed by atoms with Gasteiger partial charge in [-0.3, -0.25) is 4.79 Å². The summed E-state index contributed by atoms with van der Waals surface area (Å²) in [6, 6.07) is 3.68. The van der Waals surface area contributed by atoms with Crippen molar-refractivity contribution in [1.82, 2.24) is 9.88 Å². The number of hydrogen-bond donors (Lipinski definition) is 1. The number of hydrogen-bond acceptors (Lipinski definition) is 3. The number of pyridine rings is 1. The van der Waals surface area contributed by atoms with Crippen LogP contribution in [-0.4, -0.2) is 30.7 Å². The van der Waals surface area contributed by atoms with E-state index in [4.69, 9.17) is 0 Å². The van der Waals surface area contributed by atoms with E-state index in [2.05, 4.69) is 30.7 Å². The normalized spacial score (nSPS) is 18.9. The Hall–Kier alpha value is -1.40. The molecule has 1 aliphatic heterocycles. The van der Waals surface area contributed by atoms with E-state index in [1.807, 2.05) is 12.3 Å². The zero-order chi connectivity index (χ0) is 15.3. The molecule has 1 aliphatic carbocycles. The molecule has 2 aromatic rings. The molecule has 0 radical (unpaired) electrons. The van der Waals surface area contributed by atoms with E-state index in [-0.39, 0.29) is 11.2 Å². The topological polar surface area (TPSA) is 37.3 Å². The molecule has 1 saturated heterocycles. The molecule has 2 fully saturated rings. The quantitative estimate of drug-likeness (QED) is 0.888. The molecule has 0 spiro atoms. The highest BCUT2D eigenvalue weighted by atomic mass is 79.9. The van der Waals surface area contributed by atoms with Gasteiger partial charge >= 0.3 is 0 Å². The van der Waals surface area contributed by atoms with Crippen LogP contribution in [-0.2, 0) is 0 Å². The summed E-state index contributed by atoms with van der Waals surface area (Å²) in [5, 5.41) is 3.73. The monoisotopic (exact) mass is 365 g/mol. The minimum absolute atomic E-state index is 0.141. The Morgan fingerprint density at radius 1 is 1.23 bits per heavy atom. The Balaban J connectivity index is 1.93. The molecule has 4 nitrogen and oxygen atoms in total. The van der Waals surface area contributed by atoms with Gasteiger partial charge in [-0.1, -0.05) is 0 Å². The van der Waals surface area contributed by atoms with Crippen LogP contribution in [0.25, 0.3) is 10.9 Å². The molecule has 6 heteroatoms. The minimum atomic E-state index is -0.313. The highest BCUT2D eigenvalue weighted by Gasteiger charge is 2.26. The Labute approximate surface area is 136 Å². The second kappa shape index (κ2) is 5.35. The Bertz CT molecular complexity index is 794. The number of fused-ring (bicyclic) bond motifs is 1. The van der Waals surface area contributed by atoms with Crippen LogP contribution in [0.1, 0.15) is 18.9 Å². The smallest absolute Gasteiger partial charge is 0.203 e. The van der Waals surface area contributed by atoms with E-state index < -0.39 is 0 Å². The fourth-order valence-corrected chi connectivity index (χ4v) is 3.56. The van der Waals surface area contributed by atoms with Gasteiger partial charge in [0.15, 0.2) is 0 Å². The highest BCUT2D eigenvalue weighted by Crippen LogP contribution is 2.38. The molecule has 1 N–H and O–H groups in total. The van der Waals surface area contributed by atoms with Crippen molar-refractivity contribution < 1.29 is 4.39 Å². The van der Waals surface area contributed by atoms with Crippen molar-refractivity contribution in [1.29, 1.82) is 0 Å². The van der Waals surface area contributed by atoms with Gasteiger partial charge in [0.2, 0.25) is 5.43 Å². The fraction of sp³-hybridized carbons (Fsp3) is 0.438. The maximum atomic E-state index is 14.5. The van der Waals surface area contributed by atoms with Gasteiger partial charge < -0.3 is 14.8 Å². The van der Waals surface area contributed by atoms with E-state index in [0.29, 0.717) is 21.6 Å². The van der Waals surface area contributed by atoms with E-state index in [1.54, 1.807) is 0 Å². The molecule has 0 bridgehead atoms. The van der Waals surface area contributed by atoms with Crippen molar-refractivity contribution in [2.75, 3.05) is 31.1 Å². The number of anilines is 1. The number of halogens is 2. The van der Waals surface area contributed by atoms with Gasteiger partial charge in [0, 0.05) is 43.8 Å². The van der Waals surface area contributed by atoms with Crippen molar-refractivity contribution in [3.05, 3.63) is 38.8 Å². The average molecular weight is 366 g/mol. The van der Waals surface area contributed by atoms with Crippen LogP contribution < -0.4 is 15.6 Å². The molecule has 0 unspecified atom stereocenters. The van der Waals surface area contributed by atoms with Crippen LogP contribution in [0.15, 0.2) is 27.6 Å². The van der Waals surface area contributed by atoms with Gasteiger partial charge in [-0.15, -0.1) is 0 Å². The molecule has 2 aliphatic rings. The lowest BCUT2D eigenvalue weighted by molar-refractivity contribution is 0.567. The summed E-state index contributed by atoms with van der Waals surface area (Å²) >= 11 is 3.31. The van der Waals surface area contributed by atoms with Crippen molar-refractivity contribution in [3.8, 4) is 0 Å². The molecule has 1 saturated carbocycles. The first-order valence-electron chi connectivity index (χ1n) is 7.65. The molecule has 1 aromatic carbocycles. The number of nitrogens with one attached hydrogen (secondary N) is 1. The first-order valence-corrected chi connectivity index (χ1v) is 8.44. The summed E-state index contributed by atoms with van der Waals surface area (Å²) in [6.07, 6.45) is 4.08. The first kappa shape index (κ1) is 14.2. The van der Waals surface area contributed by atoms with Gasteiger partial charge in [0.1, 0.15) is 5.82 Å². The zero-order valence-electron chi connectivity index (χ0n) is 12.1. The number of rotatable bonds is 2. The average Bonchev–Trinajstić information content (AvgIpc) is 3.36. The number of nitrogens with zero attached hydrogens (tertiary/aromatic N) is 2. The van der Waals surface area contributed by atoms with Gasteiger partial charge in [0.25, 0.3) is 0 Å². The van der Waals surface area contributed by atoms with Crippen molar-refractivity contribution in [2.45, 2.75) is 18.9 Å². The summed E-state index contributed by atoms with van der Waals surface area (Å²) in [6.45, 7) is 3.28. The summed E-state index contributed by atoms with van der Waals surface area (Å²) < 4.78 is 17.2. The molecule has 4 rings (SSSR count). The highest BCUT2D eigenvalue weighted by molar-refractivity contribution is 9.10. The third kappa shape index (κ3) is 2.34. The second-order valence-electron chi connectivity index (χ2n) is 6.00. The minimum Gasteiger partial charge on any atom is -0.367 e. The van der Waals surface area contributed by atoms with Crippen LogP contribution in [0.4, 0.5) is 10.1 Å². The van der Waals surface area contributed by atoms with E-state index in [9.17, 15) is 9.18 Å². The number of piperazine rings is 1. The third-order valence-electron chi connectivity index (χ3n) is 4.46. The molecule has 1 aromatic heterocycles. The van der Waals surface area contributed by atoms with Crippen molar-refractivity contribution in [2.24, 2.45) is 0 Å². The lowest BCUT2D eigenvalue weighted by Crippen LogP contribution is -2.43. The van der Waals surface area contributed by atoms with Gasteiger partial charge in [-0.05, 0) is 40.9 Å². The van der Waals surface area contributed by atoms with E-state index >= 15 is 0 Å². The predicted molar refractivity (Wildman–Crippen MR) is 89.2 cm³/mol. The van der Waals surface area contributed by atoms with Gasteiger partial charge in [0.05, 0.1) is 15.7 Å². The fourth-order valence-electron chi connectivity index (χ4n) is 3.13. The first-order chi connectivity index (χ1) is 10.6. The summed E-state index contributed by atoms with van der Waals surface area (Å²) in [7, 11) is 0. The van der Waals surface area contributed by atoms with Crippen LogP contribution in [0, 0.1) is 5.82 Å². The zero-order valence-corrected chi connectivity index (χ0v) is 13.7. The lowest BCUT2D eigenvalue weighted by Gasteiger charge is -2.30. The maximum Gasteiger partial charge on any atom is 0.203 e. The van der Waals surface area contributed by atoms with Crippen LogP contribution in [0.2, 0.25) is 0 Å². The van der Waals surface area contributed by atoms with Crippen LogP contribution in [0.5, 0.6) is 0 Å². The largest absolute Gasteiger partial charge is 0.367 e. The Kier molecular flexibility index (Phi) is 3.46. The molecule has 116 valence electrons. The maximum absolute atomic E-state index is 14.5. The van der Waals surface area contributed by atoms with Gasteiger partial charge in [-0.25, -0.2) is 4.39 Å². The predicted octanol–water partition coefficient (Wildman–Crippen LogP) is 2.65. The SMILES string of the molecule is O=c1c(Br)cn(C2CC2)c2cc(N3CCNCC3)c(F)cc12. The summed E-state index contributed by atoms with van der Waals surface area (Å²) in [5.41, 5.74) is 1.30. The Morgan fingerprint density at radius 2 is 1.95 bits per heavy atom. The molecule has 2 heterocycles. The van der Waals surface area contributed by atoms with Gasteiger partial charge in [-0.2, -0.15) is 0 Å². The molecular weight excluding hydrogens is 349 g/mol. The van der Waals surface area contributed by atoms with E-state index in [0.717, 1.165) is 44.5 Å². The summed E-state index contributed by atoms with van der Waals surface area (Å²) in [4.78, 5) is 14.4.